The fourth-order valence-electron chi connectivity index (χ4n) is 2.17. The molecule has 0 aliphatic heterocycles. The Hall–Kier alpha value is -2.32. The molecule has 0 heterocycles. The highest BCUT2D eigenvalue weighted by molar-refractivity contribution is 9.10. The summed E-state index contributed by atoms with van der Waals surface area (Å²) < 4.78 is 27.8. The first-order chi connectivity index (χ1) is 11.9. The molecule has 2 aromatic rings. The van der Waals surface area contributed by atoms with Crippen LogP contribution in [-0.4, -0.2) is 32.0 Å². The van der Waals surface area contributed by atoms with Crippen LogP contribution in [0.5, 0.6) is 0 Å². The van der Waals surface area contributed by atoms with Gasteiger partial charge in [-0.1, -0.05) is 18.2 Å². The zero-order valence-corrected chi connectivity index (χ0v) is 15.0. The summed E-state index contributed by atoms with van der Waals surface area (Å²) in [7, 11) is 1.64. The predicted molar refractivity (Wildman–Crippen MR) is 94.4 cm³/mol. The van der Waals surface area contributed by atoms with Crippen LogP contribution in [-0.2, 0) is 9.59 Å². The molecule has 3 N–H and O–H groups in total. The van der Waals surface area contributed by atoms with Gasteiger partial charge in [-0.25, -0.2) is 8.78 Å². The third kappa shape index (κ3) is 5.61. The van der Waals surface area contributed by atoms with Crippen molar-refractivity contribution in [1.29, 1.82) is 0 Å². The van der Waals surface area contributed by atoms with Crippen molar-refractivity contribution in [2.24, 2.45) is 0 Å². The molecule has 0 aliphatic carbocycles. The SMILES string of the molecule is C[NH+](CC(=O)Nc1ccccc1Br)CC(=O)Nc1c(F)cccc1F. The molecule has 0 aliphatic rings. The second-order valence-electron chi connectivity index (χ2n) is 5.48. The lowest BCUT2D eigenvalue weighted by Gasteiger charge is -2.14. The number of rotatable bonds is 6. The molecule has 0 aromatic heterocycles. The molecular formula is C17H17BrF2N3O2+. The van der Waals surface area contributed by atoms with Crippen molar-refractivity contribution in [2.45, 2.75) is 0 Å². The van der Waals surface area contributed by atoms with E-state index in [9.17, 15) is 18.4 Å². The Labute approximate surface area is 152 Å². The second-order valence-corrected chi connectivity index (χ2v) is 6.34. The van der Waals surface area contributed by atoms with E-state index >= 15 is 0 Å². The molecule has 0 saturated carbocycles. The second kappa shape index (κ2) is 8.68. The number of quaternary nitrogens is 1. The average molecular weight is 413 g/mol. The van der Waals surface area contributed by atoms with Gasteiger partial charge in [0.1, 0.15) is 17.3 Å². The molecule has 0 radical (unpaired) electrons. The monoisotopic (exact) mass is 412 g/mol. The number of amides is 2. The van der Waals surface area contributed by atoms with Crippen LogP contribution in [0.15, 0.2) is 46.9 Å². The van der Waals surface area contributed by atoms with Crippen LogP contribution in [0.2, 0.25) is 0 Å². The summed E-state index contributed by atoms with van der Waals surface area (Å²) in [6.07, 6.45) is 0. The maximum Gasteiger partial charge on any atom is 0.279 e. The first kappa shape index (κ1) is 19.0. The van der Waals surface area contributed by atoms with Crippen molar-refractivity contribution < 1.29 is 23.3 Å². The van der Waals surface area contributed by atoms with Gasteiger partial charge in [0, 0.05) is 4.47 Å². The highest BCUT2D eigenvalue weighted by Gasteiger charge is 2.17. The van der Waals surface area contributed by atoms with E-state index < -0.39 is 23.2 Å². The Morgan fingerprint density at radius 3 is 2.12 bits per heavy atom. The van der Waals surface area contributed by atoms with Gasteiger partial charge >= 0.3 is 0 Å². The lowest BCUT2D eigenvalue weighted by Crippen LogP contribution is -3.11. The van der Waals surface area contributed by atoms with Gasteiger partial charge in [0.05, 0.1) is 12.7 Å². The van der Waals surface area contributed by atoms with Gasteiger partial charge in [0.25, 0.3) is 11.8 Å². The van der Waals surface area contributed by atoms with E-state index in [1.54, 1.807) is 25.2 Å². The minimum absolute atomic E-state index is 0.0223. The van der Waals surface area contributed by atoms with Crippen LogP contribution in [0.3, 0.4) is 0 Å². The van der Waals surface area contributed by atoms with Gasteiger partial charge in [-0.3, -0.25) is 9.59 Å². The number of hydrogen-bond donors (Lipinski definition) is 3. The van der Waals surface area contributed by atoms with Crippen LogP contribution in [0.4, 0.5) is 20.2 Å². The smallest absolute Gasteiger partial charge is 0.279 e. The number of anilines is 2. The molecule has 2 amide bonds. The van der Waals surface area contributed by atoms with E-state index in [-0.39, 0.29) is 19.0 Å². The Kier molecular flexibility index (Phi) is 6.60. The van der Waals surface area contributed by atoms with Crippen molar-refractivity contribution >= 4 is 39.1 Å². The molecular weight excluding hydrogens is 396 g/mol. The zero-order valence-electron chi connectivity index (χ0n) is 13.4. The summed E-state index contributed by atoms with van der Waals surface area (Å²) in [6, 6.07) is 10.5. The van der Waals surface area contributed by atoms with E-state index in [1.165, 1.54) is 6.07 Å². The maximum atomic E-state index is 13.5. The van der Waals surface area contributed by atoms with E-state index in [0.717, 1.165) is 16.6 Å². The lowest BCUT2D eigenvalue weighted by molar-refractivity contribution is -0.862. The molecule has 0 saturated heterocycles. The Balaban J connectivity index is 1.87. The number of carbonyl (C=O) groups excluding carboxylic acids is 2. The zero-order chi connectivity index (χ0) is 18.4. The number of nitrogens with one attached hydrogen (secondary N) is 3. The van der Waals surface area contributed by atoms with Crippen LogP contribution < -0.4 is 15.5 Å². The summed E-state index contributed by atoms with van der Waals surface area (Å²) >= 11 is 3.33. The van der Waals surface area contributed by atoms with Gasteiger partial charge in [-0.05, 0) is 40.2 Å². The molecule has 2 rings (SSSR count). The Morgan fingerprint density at radius 1 is 0.960 bits per heavy atom. The van der Waals surface area contributed by atoms with Crippen molar-refractivity contribution in [3.8, 4) is 0 Å². The summed E-state index contributed by atoms with van der Waals surface area (Å²) in [5, 5.41) is 4.92. The standard InChI is InChI=1S/C17H16BrF2N3O2/c1-23(9-15(24)21-14-8-3-2-5-11(14)18)10-16(25)22-17-12(19)6-4-7-13(17)20/h2-8H,9-10H2,1H3,(H,21,24)(H,22,25)/p+1. The topological polar surface area (TPSA) is 62.6 Å². The van der Waals surface area contributed by atoms with E-state index in [1.807, 2.05) is 6.07 Å². The Bertz CT molecular complexity index is 766. The number of carbonyl (C=O) groups is 2. The first-order valence-corrected chi connectivity index (χ1v) is 8.25. The van der Waals surface area contributed by atoms with E-state index in [4.69, 9.17) is 0 Å². The van der Waals surface area contributed by atoms with Gasteiger partial charge in [-0.15, -0.1) is 0 Å². The third-order valence-corrected chi connectivity index (χ3v) is 3.99. The van der Waals surface area contributed by atoms with Crippen molar-refractivity contribution in [3.63, 3.8) is 0 Å². The van der Waals surface area contributed by atoms with E-state index in [0.29, 0.717) is 10.6 Å². The summed E-state index contributed by atoms with van der Waals surface area (Å²) in [5.41, 5.74) is 0.135. The summed E-state index contributed by atoms with van der Waals surface area (Å²) in [5.74, 6) is -2.57. The number of para-hydroxylation sites is 2. The largest absolute Gasteiger partial charge is 0.322 e. The summed E-state index contributed by atoms with van der Waals surface area (Å²) in [4.78, 5) is 24.5. The fourth-order valence-corrected chi connectivity index (χ4v) is 2.55. The lowest BCUT2D eigenvalue weighted by atomic mass is 10.3. The minimum atomic E-state index is -0.849. The summed E-state index contributed by atoms with van der Waals surface area (Å²) in [6.45, 7) is -0.0916. The normalized spacial score (nSPS) is 11.7. The quantitative estimate of drug-likeness (QED) is 0.677. The van der Waals surface area contributed by atoms with Crippen LogP contribution in [0.25, 0.3) is 0 Å². The molecule has 0 spiro atoms. The van der Waals surface area contributed by atoms with Crippen molar-refractivity contribution in [3.05, 3.63) is 58.6 Å². The maximum absolute atomic E-state index is 13.5. The molecule has 5 nitrogen and oxygen atoms in total. The average Bonchev–Trinajstić information content (AvgIpc) is 2.53. The van der Waals surface area contributed by atoms with Crippen LogP contribution in [0, 0.1) is 11.6 Å². The fraction of sp³-hybridized carbons (Fsp3) is 0.176. The third-order valence-electron chi connectivity index (χ3n) is 3.30. The van der Waals surface area contributed by atoms with Crippen LogP contribution in [0.1, 0.15) is 0 Å². The van der Waals surface area contributed by atoms with Gasteiger partial charge < -0.3 is 15.5 Å². The number of likely N-dealkylation sites (N-methyl/N-ethyl adjacent to an activating group) is 1. The van der Waals surface area contributed by atoms with Crippen molar-refractivity contribution in [2.75, 3.05) is 30.8 Å². The number of hydrogen-bond acceptors (Lipinski definition) is 2. The molecule has 25 heavy (non-hydrogen) atoms. The predicted octanol–water partition coefficient (Wildman–Crippen LogP) is 1.82. The number of benzene rings is 2. The highest BCUT2D eigenvalue weighted by Crippen LogP contribution is 2.20. The molecule has 2 aromatic carbocycles. The van der Waals surface area contributed by atoms with Crippen LogP contribution >= 0.6 is 15.9 Å². The molecule has 0 bridgehead atoms. The minimum Gasteiger partial charge on any atom is -0.322 e. The van der Waals surface area contributed by atoms with Crippen molar-refractivity contribution in [1.82, 2.24) is 0 Å². The molecule has 0 fully saturated rings. The van der Waals surface area contributed by atoms with Gasteiger partial charge in [0.2, 0.25) is 0 Å². The van der Waals surface area contributed by atoms with Gasteiger partial charge in [0.15, 0.2) is 13.1 Å². The molecule has 1 unspecified atom stereocenters. The highest BCUT2D eigenvalue weighted by atomic mass is 79.9. The molecule has 1 atom stereocenters. The first-order valence-electron chi connectivity index (χ1n) is 7.46. The number of halogens is 3. The van der Waals surface area contributed by atoms with E-state index in [2.05, 4.69) is 26.6 Å². The molecule has 8 heteroatoms. The van der Waals surface area contributed by atoms with Gasteiger partial charge in [-0.2, -0.15) is 0 Å². The Morgan fingerprint density at radius 2 is 1.52 bits per heavy atom. The molecule has 132 valence electrons.